The Labute approximate surface area is 108 Å². The molecule has 0 saturated heterocycles. The molecule has 1 aromatic rings. The summed E-state index contributed by atoms with van der Waals surface area (Å²) in [6.45, 7) is 4.61. The van der Waals surface area contributed by atoms with E-state index in [9.17, 15) is 4.79 Å². The minimum absolute atomic E-state index is 0.0372. The topological polar surface area (TPSA) is 46.5 Å². The van der Waals surface area contributed by atoms with Crippen LogP contribution in [0, 0.1) is 12.8 Å². The highest BCUT2D eigenvalue weighted by molar-refractivity contribution is 5.77. The predicted octanol–water partition coefficient (Wildman–Crippen LogP) is 2.54. The summed E-state index contributed by atoms with van der Waals surface area (Å²) in [7, 11) is 0. The number of hydrogen-bond acceptors (Lipinski definition) is 3. The minimum Gasteiger partial charge on any atom is -0.465 e. The Kier molecular flexibility index (Phi) is 4.02. The first kappa shape index (κ1) is 13.1. The molecule has 2 rings (SSSR count). The van der Waals surface area contributed by atoms with Crippen LogP contribution >= 0.6 is 0 Å². The van der Waals surface area contributed by atoms with Crippen molar-refractivity contribution >= 4 is 5.97 Å². The van der Waals surface area contributed by atoms with Gasteiger partial charge in [-0.15, -0.1) is 0 Å². The number of aryl methyl sites for hydroxylation is 1. The van der Waals surface area contributed by atoms with Crippen LogP contribution in [-0.4, -0.2) is 17.7 Å². The lowest BCUT2D eigenvalue weighted by molar-refractivity contribution is -0.145. The average molecular weight is 248 g/mol. The quantitative estimate of drug-likeness (QED) is 0.814. The van der Waals surface area contributed by atoms with Gasteiger partial charge in [0.2, 0.25) is 0 Å². The summed E-state index contributed by atoms with van der Waals surface area (Å²) in [5.74, 6) is 0.282. The first-order chi connectivity index (χ1) is 8.67. The van der Waals surface area contributed by atoms with Crippen molar-refractivity contribution in [1.82, 2.24) is 0 Å². The van der Waals surface area contributed by atoms with E-state index in [0.29, 0.717) is 12.5 Å². The summed E-state index contributed by atoms with van der Waals surface area (Å²) in [6, 6.07) is 5.94. The van der Waals surface area contributed by atoms with Gasteiger partial charge in [-0.1, -0.05) is 25.1 Å². The van der Waals surface area contributed by atoms with Crippen molar-refractivity contribution in [3.8, 4) is 0 Å². The van der Waals surface area contributed by atoms with Crippen molar-refractivity contribution < 1.29 is 14.6 Å². The van der Waals surface area contributed by atoms with Crippen molar-refractivity contribution in [2.24, 2.45) is 5.92 Å². The van der Waals surface area contributed by atoms with E-state index in [2.05, 4.69) is 0 Å². The van der Waals surface area contributed by atoms with Crippen molar-refractivity contribution in [2.45, 2.75) is 39.2 Å². The molecule has 2 atom stereocenters. The number of carbonyl (C=O) groups excluding carboxylic acids is 1. The molecule has 3 nitrogen and oxygen atoms in total. The number of carbonyl (C=O) groups is 1. The Morgan fingerprint density at radius 1 is 1.50 bits per heavy atom. The maximum absolute atomic E-state index is 11.7. The first-order valence-corrected chi connectivity index (χ1v) is 6.54. The normalized spacial score (nSPS) is 21.7. The summed E-state index contributed by atoms with van der Waals surface area (Å²) in [5.41, 5.74) is 3.28. The monoisotopic (exact) mass is 248 g/mol. The van der Waals surface area contributed by atoms with E-state index in [4.69, 9.17) is 9.84 Å². The zero-order valence-electron chi connectivity index (χ0n) is 11.0. The summed E-state index contributed by atoms with van der Waals surface area (Å²) in [4.78, 5) is 11.7. The summed E-state index contributed by atoms with van der Waals surface area (Å²) in [6.07, 6.45) is 1.76. The fourth-order valence-electron chi connectivity index (χ4n) is 2.36. The lowest BCUT2D eigenvalue weighted by Crippen LogP contribution is -2.08. The highest BCUT2D eigenvalue weighted by Crippen LogP contribution is 2.49. The van der Waals surface area contributed by atoms with Crippen LogP contribution in [0.5, 0.6) is 0 Å². The molecule has 1 aliphatic rings. The molecule has 1 saturated carbocycles. The molecule has 0 aliphatic heterocycles. The average Bonchev–Trinajstić information content (AvgIpc) is 3.15. The molecule has 0 heterocycles. The van der Waals surface area contributed by atoms with Gasteiger partial charge in [0.25, 0.3) is 0 Å². The molecular weight excluding hydrogens is 228 g/mol. The summed E-state index contributed by atoms with van der Waals surface area (Å²) >= 11 is 0. The number of ether oxygens (including phenoxy) is 1. The van der Waals surface area contributed by atoms with Gasteiger partial charge >= 0.3 is 5.97 Å². The first-order valence-electron chi connectivity index (χ1n) is 6.54. The molecule has 1 aromatic carbocycles. The molecule has 0 radical (unpaired) electrons. The predicted molar refractivity (Wildman–Crippen MR) is 69.2 cm³/mol. The van der Waals surface area contributed by atoms with E-state index in [1.165, 1.54) is 5.56 Å². The molecule has 1 fully saturated rings. The van der Waals surface area contributed by atoms with Crippen LogP contribution in [0.1, 0.15) is 42.4 Å². The van der Waals surface area contributed by atoms with Gasteiger partial charge in [-0.2, -0.15) is 0 Å². The van der Waals surface area contributed by atoms with Gasteiger partial charge in [0.05, 0.1) is 19.1 Å². The molecule has 1 N–H and O–H groups in total. The third-order valence-electron chi connectivity index (χ3n) is 3.46. The molecule has 18 heavy (non-hydrogen) atoms. The van der Waals surface area contributed by atoms with Gasteiger partial charge in [-0.25, -0.2) is 0 Å². The van der Waals surface area contributed by atoms with E-state index >= 15 is 0 Å². The number of hydrogen-bond donors (Lipinski definition) is 1. The molecule has 98 valence electrons. The van der Waals surface area contributed by atoms with E-state index in [-0.39, 0.29) is 18.5 Å². The molecule has 0 bridgehead atoms. The lowest BCUT2D eigenvalue weighted by Gasteiger charge is -2.07. The third kappa shape index (κ3) is 2.72. The summed E-state index contributed by atoms with van der Waals surface area (Å²) in [5, 5.41) is 9.07. The van der Waals surface area contributed by atoms with Gasteiger partial charge in [-0.05, 0) is 42.4 Å². The Morgan fingerprint density at radius 3 is 2.89 bits per heavy atom. The number of aliphatic hydroxyl groups excluding tert-OH is 1. The highest BCUT2D eigenvalue weighted by Gasteiger charge is 2.45. The minimum atomic E-state index is -0.0625. The number of esters is 1. The summed E-state index contributed by atoms with van der Waals surface area (Å²) < 4.78 is 5.17. The van der Waals surface area contributed by atoms with Crippen LogP contribution in [0.4, 0.5) is 0 Å². The Morgan fingerprint density at radius 2 is 2.28 bits per heavy atom. The fraction of sp³-hybridized carbons (Fsp3) is 0.533. The lowest BCUT2D eigenvalue weighted by atomic mass is 10.0. The molecule has 0 aromatic heterocycles. The van der Waals surface area contributed by atoms with Crippen LogP contribution in [-0.2, 0) is 16.1 Å². The zero-order chi connectivity index (χ0) is 13.1. The molecule has 1 aliphatic carbocycles. The number of benzene rings is 1. The van der Waals surface area contributed by atoms with Crippen LogP contribution < -0.4 is 0 Å². The van der Waals surface area contributed by atoms with Gasteiger partial charge in [0.15, 0.2) is 0 Å². The largest absolute Gasteiger partial charge is 0.465 e. The fourth-order valence-corrected chi connectivity index (χ4v) is 2.36. The van der Waals surface area contributed by atoms with Gasteiger partial charge in [-0.3, -0.25) is 4.79 Å². The second-order valence-electron chi connectivity index (χ2n) is 4.97. The van der Waals surface area contributed by atoms with Crippen molar-refractivity contribution in [3.05, 3.63) is 34.9 Å². The second-order valence-corrected chi connectivity index (χ2v) is 4.97. The maximum Gasteiger partial charge on any atom is 0.309 e. The maximum atomic E-state index is 11.7. The van der Waals surface area contributed by atoms with Crippen molar-refractivity contribution in [2.75, 3.05) is 6.61 Å². The van der Waals surface area contributed by atoms with E-state index in [0.717, 1.165) is 24.0 Å². The Balaban J connectivity index is 2.00. The van der Waals surface area contributed by atoms with Crippen LogP contribution in [0.25, 0.3) is 0 Å². The molecule has 0 amide bonds. The third-order valence-corrected chi connectivity index (χ3v) is 3.46. The van der Waals surface area contributed by atoms with E-state index in [1.807, 2.05) is 32.0 Å². The van der Waals surface area contributed by atoms with Gasteiger partial charge in [0, 0.05) is 0 Å². The van der Waals surface area contributed by atoms with Crippen molar-refractivity contribution in [1.29, 1.82) is 0 Å². The van der Waals surface area contributed by atoms with E-state index < -0.39 is 0 Å². The second kappa shape index (κ2) is 5.53. The molecular formula is C15H20O3. The standard InChI is InChI=1S/C15H20O3/c1-3-6-18-15(17)14-8-13(14)12-5-4-11(9-16)7-10(12)2/h4-5,7,13-14,16H,3,6,8-9H2,1-2H3. The van der Waals surface area contributed by atoms with E-state index in [1.54, 1.807) is 0 Å². The zero-order valence-corrected chi connectivity index (χ0v) is 11.0. The SMILES string of the molecule is CCCOC(=O)C1CC1c1ccc(CO)cc1C. The molecule has 2 unspecified atom stereocenters. The van der Waals surface area contributed by atoms with Gasteiger partial charge < -0.3 is 9.84 Å². The van der Waals surface area contributed by atoms with Crippen molar-refractivity contribution in [3.63, 3.8) is 0 Å². The molecule has 0 spiro atoms. The van der Waals surface area contributed by atoms with Crippen LogP contribution in [0.15, 0.2) is 18.2 Å². The Hall–Kier alpha value is -1.35. The molecule has 3 heteroatoms. The highest BCUT2D eigenvalue weighted by atomic mass is 16.5. The van der Waals surface area contributed by atoms with Crippen LogP contribution in [0.3, 0.4) is 0 Å². The van der Waals surface area contributed by atoms with Gasteiger partial charge in [0.1, 0.15) is 0 Å². The number of aliphatic hydroxyl groups is 1. The smallest absolute Gasteiger partial charge is 0.309 e. The van der Waals surface area contributed by atoms with Crippen LogP contribution in [0.2, 0.25) is 0 Å². The number of rotatable bonds is 5. The Bertz CT molecular complexity index is 439.